The number of nitrogens with one attached hydrogen (secondary N) is 1. The number of benzene rings is 1. The van der Waals surface area contributed by atoms with E-state index in [-0.39, 0.29) is 11.9 Å². The molecule has 0 radical (unpaired) electrons. The van der Waals surface area contributed by atoms with Crippen LogP contribution >= 0.6 is 0 Å². The zero-order valence-corrected chi connectivity index (χ0v) is 8.46. The Morgan fingerprint density at radius 2 is 2.00 bits per heavy atom. The molecule has 0 bridgehead atoms. The Bertz CT molecular complexity index is 258. The van der Waals surface area contributed by atoms with Gasteiger partial charge in [-0.05, 0) is 30.7 Å². The normalized spacial score (nSPS) is 12.5. The van der Waals surface area contributed by atoms with Gasteiger partial charge in [-0.2, -0.15) is 0 Å². The lowest BCUT2D eigenvalue weighted by Crippen LogP contribution is -2.28. The van der Waals surface area contributed by atoms with Gasteiger partial charge in [0.2, 0.25) is 0 Å². The highest BCUT2D eigenvalue weighted by Crippen LogP contribution is 2.11. The first kappa shape index (κ1) is 11.0. The molecule has 0 aliphatic heterocycles. The topological polar surface area (TPSA) is 38.0 Å². The average Bonchev–Trinajstić information content (AvgIpc) is 2.20. The fourth-order valence-corrected chi connectivity index (χ4v) is 1.38. The third-order valence-electron chi connectivity index (χ3n) is 2.14. The molecule has 1 rings (SSSR count). The van der Waals surface area contributed by atoms with E-state index in [9.17, 15) is 4.39 Å². The Kier molecular flexibility index (Phi) is 4.40. The third-order valence-corrected chi connectivity index (χ3v) is 2.14. The molecule has 0 aliphatic rings. The second kappa shape index (κ2) is 5.60. The van der Waals surface area contributed by atoms with Crippen LogP contribution in [-0.2, 0) is 0 Å². The van der Waals surface area contributed by atoms with E-state index in [1.54, 1.807) is 12.1 Å². The molecule has 3 N–H and O–H groups in total. The van der Waals surface area contributed by atoms with Crippen LogP contribution in [0.2, 0.25) is 0 Å². The highest BCUT2D eigenvalue weighted by Gasteiger charge is 2.04. The van der Waals surface area contributed by atoms with E-state index in [4.69, 9.17) is 5.73 Å². The predicted octanol–water partition coefficient (Wildman–Crippen LogP) is 2.37. The van der Waals surface area contributed by atoms with Crippen LogP contribution in [0.25, 0.3) is 0 Å². The van der Waals surface area contributed by atoms with E-state index < -0.39 is 0 Å². The Hall–Kier alpha value is -1.09. The van der Waals surface area contributed by atoms with Crippen molar-refractivity contribution < 1.29 is 4.39 Å². The first-order chi connectivity index (χ1) is 6.76. The minimum Gasteiger partial charge on any atom is -0.381 e. The molecule has 2 nitrogen and oxygen atoms in total. The van der Waals surface area contributed by atoms with Crippen LogP contribution in [-0.4, -0.2) is 12.6 Å². The van der Waals surface area contributed by atoms with Crippen LogP contribution in [0.1, 0.15) is 19.8 Å². The van der Waals surface area contributed by atoms with Gasteiger partial charge in [0.05, 0.1) is 0 Å². The van der Waals surface area contributed by atoms with Gasteiger partial charge in [0.25, 0.3) is 0 Å². The van der Waals surface area contributed by atoms with Gasteiger partial charge in [0.1, 0.15) is 5.82 Å². The number of rotatable bonds is 5. The lowest BCUT2D eigenvalue weighted by molar-refractivity contribution is 0.626. The summed E-state index contributed by atoms with van der Waals surface area (Å²) in [6, 6.07) is 6.64. The number of hydrogen-bond acceptors (Lipinski definition) is 2. The third kappa shape index (κ3) is 3.34. The molecule has 14 heavy (non-hydrogen) atoms. The van der Waals surface area contributed by atoms with Crippen molar-refractivity contribution in [1.29, 1.82) is 0 Å². The van der Waals surface area contributed by atoms with E-state index in [1.165, 1.54) is 12.1 Å². The lowest BCUT2D eigenvalue weighted by Gasteiger charge is -2.17. The largest absolute Gasteiger partial charge is 0.381 e. The van der Waals surface area contributed by atoms with E-state index in [0.29, 0.717) is 6.54 Å². The van der Waals surface area contributed by atoms with Crippen molar-refractivity contribution in [2.24, 2.45) is 5.73 Å². The standard InChI is InChI=1S/C11H17FN2/c1-2-3-11(8-13)14-10-6-4-9(12)5-7-10/h4-7,11,14H,2-3,8,13H2,1H3. The summed E-state index contributed by atoms with van der Waals surface area (Å²) in [5, 5.41) is 3.27. The van der Waals surface area contributed by atoms with Crippen molar-refractivity contribution >= 4 is 5.69 Å². The quantitative estimate of drug-likeness (QED) is 0.758. The van der Waals surface area contributed by atoms with Crippen LogP contribution in [0.3, 0.4) is 0 Å². The Labute approximate surface area is 84.3 Å². The van der Waals surface area contributed by atoms with Gasteiger partial charge in [-0.25, -0.2) is 4.39 Å². The Morgan fingerprint density at radius 3 is 2.50 bits per heavy atom. The maximum absolute atomic E-state index is 12.6. The zero-order chi connectivity index (χ0) is 10.4. The molecule has 0 spiro atoms. The average molecular weight is 196 g/mol. The van der Waals surface area contributed by atoms with Crippen LogP contribution in [0.15, 0.2) is 24.3 Å². The minimum atomic E-state index is -0.213. The molecule has 0 saturated heterocycles. The van der Waals surface area contributed by atoms with Crippen molar-refractivity contribution in [2.75, 3.05) is 11.9 Å². The molecule has 1 aromatic rings. The molecule has 0 aliphatic carbocycles. The molecule has 1 atom stereocenters. The Morgan fingerprint density at radius 1 is 1.36 bits per heavy atom. The summed E-state index contributed by atoms with van der Waals surface area (Å²) in [7, 11) is 0. The molecule has 1 unspecified atom stereocenters. The monoisotopic (exact) mass is 196 g/mol. The van der Waals surface area contributed by atoms with Crippen molar-refractivity contribution in [3.63, 3.8) is 0 Å². The first-order valence-corrected chi connectivity index (χ1v) is 4.98. The van der Waals surface area contributed by atoms with E-state index in [2.05, 4.69) is 12.2 Å². The molecule has 0 heterocycles. The highest BCUT2D eigenvalue weighted by atomic mass is 19.1. The highest BCUT2D eigenvalue weighted by molar-refractivity contribution is 5.43. The van der Waals surface area contributed by atoms with Crippen molar-refractivity contribution in [2.45, 2.75) is 25.8 Å². The lowest BCUT2D eigenvalue weighted by atomic mass is 10.1. The van der Waals surface area contributed by atoms with Gasteiger partial charge in [0.15, 0.2) is 0 Å². The van der Waals surface area contributed by atoms with E-state index >= 15 is 0 Å². The molecule has 0 amide bonds. The Balaban J connectivity index is 2.53. The fraction of sp³-hybridized carbons (Fsp3) is 0.455. The number of anilines is 1. The van der Waals surface area contributed by atoms with Gasteiger partial charge >= 0.3 is 0 Å². The second-order valence-corrected chi connectivity index (χ2v) is 3.37. The second-order valence-electron chi connectivity index (χ2n) is 3.37. The van der Waals surface area contributed by atoms with Gasteiger partial charge < -0.3 is 11.1 Å². The maximum Gasteiger partial charge on any atom is 0.123 e. The van der Waals surface area contributed by atoms with E-state index in [1.807, 2.05) is 0 Å². The smallest absolute Gasteiger partial charge is 0.123 e. The van der Waals surface area contributed by atoms with Crippen molar-refractivity contribution in [1.82, 2.24) is 0 Å². The zero-order valence-electron chi connectivity index (χ0n) is 8.46. The van der Waals surface area contributed by atoms with Crippen molar-refractivity contribution in [3.8, 4) is 0 Å². The van der Waals surface area contributed by atoms with E-state index in [0.717, 1.165) is 18.5 Å². The van der Waals surface area contributed by atoms with Gasteiger partial charge in [-0.3, -0.25) is 0 Å². The summed E-state index contributed by atoms with van der Waals surface area (Å²) < 4.78 is 12.6. The molecule has 1 aromatic carbocycles. The summed E-state index contributed by atoms with van der Waals surface area (Å²) in [6.45, 7) is 2.72. The van der Waals surface area contributed by atoms with Gasteiger partial charge in [0, 0.05) is 18.3 Å². The molecule has 0 saturated carbocycles. The summed E-state index contributed by atoms with van der Waals surface area (Å²) in [5.74, 6) is -0.213. The molecule has 0 fully saturated rings. The van der Waals surface area contributed by atoms with Crippen LogP contribution in [0.5, 0.6) is 0 Å². The minimum absolute atomic E-state index is 0.213. The maximum atomic E-state index is 12.6. The molecular weight excluding hydrogens is 179 g/mol. The number of halogens is 1. The summed E-state index contributed by atoms with van der Waals surface area (Å²) in [4.78, 5) is 0. The SMILES string of the molecule is CCCC(CN)Nc1ccc(F)cc1. The van der Waals surface area contributed by atoms with Crippen LogP contribution in [0, 0.1) is 5.82 Å². The van der Waals surface area contributed by atoms with Crippen molar-refractivity contribution in [3.05, 3.63) is 30.1 Å². The first-order valence-electron chi connectivity index (χ1n) is 4.98. The number of hydrogen-bond donors (Lipinski definition) is 2. The predicted molar refractivity (Wildman–Crippen MR) is 57.8 cm³/mol. The van der Waals surface area contributed by atoms with Gasteiger partial charge in [-0.15, -0.1) is 0 Å². The molecular formula is C11H17FN2. The molecule has 0 aromatic heterocycles. The number of nitrogens with two attached hydrogens (primary N) is 1. The summed E-state index contributed by atoms with van der Waals surface area (Å²) in [5.41, 5.74) is 6.53. The molecule has 3 heteroatoms. The molecule has 78 valence electrons. The van der Waals surface area contributed by atoms with Crippen LogP contribution < -0.4 is 11.1 Å². The fourth-order valence-electron chi connectivity index (χ4n) is 1.38. The van der Waals surface area contributed by atoms with Crippen LogP contribution in [0.4, 0.5) is 10.1 Å². The van der Waals surface area contributed by atoms with Gasteiger partial charge in [-0.1, -0.05) is 13.3 Å². The summed E-state index contributed by atoms with van der Waals surface area (Å²) in [6.07, 6.45) is 2.13. The summed E-state index contributed by atoms with van der Waals surface area (Å²) >= 11 is 0.